The van der Waals surface area contributed by atoms with Gasteiger partial charge in [0.1, 0.15) is 0 Å². The lowest BCUT2D eigenvalue weighted by atomic mass is 9.90. The molecule has 0 aliphatic heterocycles. The Morgan fingerprint density at radius 3 is 2.70 bits per heavy atom. The highest BCUT2D eigenvalue weighted by Gasteiger charge is 2.22. The molecule has 0 radical (unpaired) electrons. The van der Waals surface area contributed by atoms with Crippen molar-refractivity contribution in [3.8, 4) is 6.07 Å². The average Bonchev–Trinajstić information content (AvgIpc) is 2.43. The van der Waals surface area contributed by atoms with E-state index in [4.69, 9.17) is 10.00 Å². The standard InChI is InChI=1S/C14H20N2O3S/c1-14(2,7-8-19-3)11-16-20(17,18)13-6-4-5-12(9-13)10-15/h4-6,9,16H,7-8,11H2,1-3H3. The number of nitriles is 1. The van der Waals surface area contributed by atoms with Crippen LogP contribution in [0.3, 0.4) is 0 Å². The molecule has 0 aliphatic carbocycles. The Labute approximate surface area is 120 Å². The third-order valence-corrected chi connectivity index (χ3v) is 4.40. The Kier molecular flexibility index (Phi) is 5.69. The monoisotopic (exact) mass is 296 g/mol. The van der Waals surface area contributed by atoms with E-state index in [9.17, 15) is 8.42 Å². The first-order chi connectivity index (χ1) is 9.30. The molecule has 0 heterocycles. The molecule has 1 aromatic rings. The van der Waals surface area contributed by atoms with Crippen molar-refractivity contribution in [1.29, 1.82) is 5.26 Å². The summed E-state index contributed by atoms with van der Waals surface area (Å²) >= 11 is 0. The third-order valence-electron chi connectivity index (χ3n) is 3.00. The van der Waals surface area contributed by atoms with Crippen molar-refractivity contribution in [2.45, 2.75) is 25.2 Å². The molecule has 1 N–H and O–H groups in total. The molecule has 6 heteroatoms. The molecule has 0 saturated heterocycles. The summed E-state index contributed by atoms with van der Waals surface area (Å²) in [5.41, 5.74) is 0.127. The molecule has 0 unspecified atom stereocenters. The van der Waals surface area contributed by atoms with Gasteiger partial charge in [0.2, 0.25) is 10.0 Å². The maximum atomic E-state index is 12.2. The number of hydrogen-bond acceptors (Lipinski definition) is 4. The van der Waals surface area contributed by atoms with Gasteiger partial charge in [0, 0.05) is 20.3 Å². The number of nitrogens with zero attached hydrogens (tertiary/aromatic N) is 1. The molecule has 5 nitrogen and oxygen atoms in total. The van der Waals surface area contributed by atoms with Crippen LogP contribution in [-0.4, -0.2) is 28.7 Å². The molecular weight excluding hydrogens is 276 g/mol. The first-order valence-electron chi connectivity index (χ1n) is 6.29. The SMILES string of the molecule is COCCC(C)(C)CNS(=O)(=O)c1cccc(C#N)c1. The molecule has 0 aromatic heterocycles. The largest absolute Gasteiger partial charge is 0.385 e. The van der Waals surface area contributed by atoms with Crippen LogP contribution in [0.25, 0.3) is 0 Å². The summed E-state index contributed by atoms with van der Waals surface area (Å²) in [4.78, 5) is 0.110. The van der Waals surface area contributed by atoms with Crippen molar-refractivity contribution < 1.29 is 13.2 Å². The van der Waals surface area contributed by atoms with Crippen molar-refractivity contribution in [3.63, 3.8) is 0 Å². The highest BCUT2D eigenvalue weighted by Crippen LogP contribution is 2.20. The van der Waals surface area contributed by atoms with Crippen LogP contribution in [0.5, 0.6) is 0 Å². The maximum absolute atomic E-state index is 12.2. The molecule has 110 valence electrons. The van der Waals surface area contributed by atoms with Crippen molar-refractivity contribution in [2.75, 3.05) is 20.3 Å². The van der Waals surface area contributed by atoms with Crippen molar-refractivity contribution >= 4 is 10.0 Å². The summed E-state index contributed by atoms with van der Waals surface area (Å²) in [7, 11) is -1.97. The second-order valence-corrected chi connectivity index (χ2v) is 7.14. The molecule has 0 saturated carbocycles. The van der Waals surface area contributed by atoms with Crippen LogP contribution in [0.4, 0.5) is 0 Å². The number of benzene rings is 1. The van der Waals surface area contributed by atoms with E-state index in [2.05, 4.69) is 4.72 Å². The van der Waals surface area contributed by atoms with Gasteiger partial charge in [-0.05, 0) is 30.0 Å². The Balaban J connectivity index is 2.78. The molecule has 0 spiro atoms. The Bertz CT molecular complexity index is 589. The van der Waals surface area contributed by atoms with Gasteiger partial charge in [-0.2, -0.15) is 5.26 Å². The van der Waals surface area contributed by atoms with Crippen LogP contribution in [0, 0.1) is 16.7 Å². The quantitative estimate of drug-likeness (QED) is 0.833. The van der Waals surface area contributed by atoms with Gasteiger partial charge in [0.25, 0.3) is 0 Å². The van der Waals surface area contributed by atoms with Gasteiger partial charge in [-0.25, -0.2) is 13.1 Å². The van der Waals surface area contributed by atoms with Crippen molar-refractivity contribution in [3.05, 3.63) is 29.8 Å². The predicted molar refractivity (Wildman–Crippen MR) is 76.6 cm³/mol. The summed E-state index contributed by atoms with van der Waals surface area (Å²) in [6, 6.07) is 7.90. The van der Waals surface area contributed by atoms with Crippen LogP contribution in [0.2, 0.25) is 0 Å². The second-order valence-electron chi connectivity index (χ2n) is 5.37. The normalized spacial score (nSPS) is 12.1. The number of nitrogens with one attached hydrogen (secondary N) is 1. The zero-order valence-electron chi connectivity index (χ0n) is 12.0. The molecule has 0 atom stereocenters. The lowest BCUT2D eigenvalue weighted by Gasteiger charge is -2.24. The smallest absolute Gasteiger partial charge is 0.240 e. The van der Waals surface area contributed by atoms with Gasteiger partial charge in [-0.3, -0.25) is 0 Å². The van der Waals surface area contributed by atoms with Gasteiger partial charge in [-0.1, -0.05) is 19.9 Å². The average molecular weight is 296 g/mol. The number of methoxy groups -OCH3 is 1. The highest BCUT2D eigenvalue weighted by atomic mass is 32.2. The zero-order valence-corrected chi connectivity index (χ0v) is 12.8. The van der Waals surface area contributed by atoms with Crippen molar-refractivity contribution in [2.24, 2.45) is 5.41 Å². The van der Waals surface area contributed by atoms with Gasteiger partial charge in [0.05, 0.1) is 16.5 Å². The molecule has 1 rings (SSSR count). The van der Waals surface area contributed by atoms with E-state index in [1.807, 2.05) is 19.9 Å². The second kappa shape index (κ2) is 6.84. The number of rotatable bonds is 7. The van der Waals surface area contributed by atoms with E-state index < -0.39 is 10.0 Å². The molecule has 20 heavy (non-hydrogen) atoms. The van der Waals surface area contributed by atoms with Crippen LogP contribution >= 0.6 is 0 Å². The number of sulfonamides is 1. The summed E-state index contributed by atoms with van der Waals surface area (Å²) in [6.07, 6.45) is 0.754. The summed E-state index contributed by atoms with van der Waals surface area (Å²) < 4.78 is 31.9. The molecule has 0 amide bonds. The molecule has 0 fully saturated rings. The lowest BCUT2D eigenvalue weighted by Crippen LogP contribution is -2.34. The van der Waals surface area contributed by atoms with E-state index in [0.29, 0.717) is 18.7 Å². The number of hydrogen-bond donors (Lipinski definition) is 1. The summed E-state index contributed by atoms with van der Waals surface area (Å²) in [5.74, 6) is 0. The minimum atomic E-state index is -3.59. The third kappa shape index (κ3) is 4.93. The Morgan fingerprint density at radius 2 is 2.10 bits per heavy atom. The molecular formula is C14H20N2O3S. The lowest BCUT2D eigenvalue weighted by molar-refractivity contribution is 0.153. The van der Waals surface area contributed by atoms with Crippen LogP contribution in [0.15, 0.2) is 29.2 Å². The molecule has 0 aliphatic rings. The van der Waals surface area contributed by atoms with E-state index >= 15 is 0 Å². The first-order valence-corrected chi connectivity index (χ1v) is 7.78. The fourth-order valence-electron chi connectivity index (χ4n) is 1.57. The molecule has 0 bridgehead atoms. The Morgan fingerprint density at radius 1 is 1.40 bits per heavy atom. The van der Waals surface area contributed by atoms with Crippen molar-refractivity contribution in [1.82, 2.24) is 4.72 Å². The maximum Gasteiger partial charge on any atom is 0.240 e. The van der Waals surface area contributed by atoms with Crippen LogP contribution in [-0.2, 0) is 14.8 Å². The highest BCUT2D eigenvalue weighted by molar-refractivity contribution is 7.89. The van der Waals surface area contributed by atoms with E-state index in [1.54, 1.807) is 19.2 Å². The van der Waals surface area contributed by atoms with Gasteiger partial charge < -0.3 is 4.74 Å². The van der Waals surface area contributed by atoms with Crippen LogP contribution < -0.4 is 4.72 Å². The summed E-state index contributed by atoms with van der Waals surface area (Å²) in [5, 5.41) is 8.80. The van der Waals surface area contributed by atoms with Gasteiger partial charge >= 0.3 is 0 Å². The van der Waals surface area contributed by atoms with Gasteiger partial charge in [-0.15, -0.1) is 0 Å². The van der Waals surface area contributed by atoms with Gasteiger partial charge in [0.15, 0.2) is 0 Å². The first kappa shape index (κ1) is 16.6. The van der Waals surface area contributed by atoms with E-state index in [-0.39, 0.29) is 10.3 Å². The topological polar surface area (TPSA) is 79.2 Å². The minimum Gasteiger partial charge on any atom is -0.385 e. The minimum absolute atomic E-state index is 0.110. The fraction of sp³-hybridized carbons (Fsp3) is 0.500. The van der Waals surface area contributed by atoms with E-state index in [0.717, 1.165) is 6.42 Å². The number of ether oxygens (including phenoxy) is 1. The van der Waals surface area contributed by atoms with Crippen LogP contribution in [0.1, 0.15) is 25.8 Å². The summed E-state index contributed by atoms with van der Waals surface area (Å²) in [6.45, 7) is 4.84. The van der Waals surface area contributed by atoms with E-state index in [1.165, 1.54) is 12.1 Å². The molecule has 1 aromatic carbocycles. The zero-order chi connectivity index (χ0) is 15.2. The predicted octanol–water partition coefficient (Wildman–Crippen LogP) is 1.90. The Hall–Kier alpha value is -1.42. The fourth-order valence-corrected chi connectivity index (χ4v) is 2.86.